The van der Waals surface area contributed by atoms with Crippen molar-refractivity contribution in [3.8, 4) is 11.4 Å². The van der Waals surface area contributed by atoms with Crippen molar-refractivity contribution in [2.24, 2.45) is 7.05 Å². The molecule has 0 aliphatic heterocycles. The molecule has 2 aromatic rings. The number of hydrogen-bond donors (Lipinski definition) is 1. The molecule has 0 aliphatic rings. The SMILES string of the molecule is CCc1occc1-c1nc(=S)n(C)[nH]1. The molecule has 0 aromatic carbocycles. The summed E-state index contributed by atoms with van der Waals surface area (Å²) in [5.74, 6) is 1.69. The van der Waals surface area contributed by atoms with Gasteiger partial charge >= 0.3 is 0 Å². The fourth-order valence-corrected chi connectivity index (χ4v) is 1.49. The standard InChI is InChI=1S/C9H11N3OS/c1-3-7-6(4-5-13-7)8-10-9(14)12(2)11-8/h4-5H,3H2,1-2H3,(H,10,11,14). The molecule has 2 heterocycles. The summed E-state index contributed by atoms with van der Waals surface area (Å²) in [6, 6.07) is 1.90. The largest absolute Gasteiger partial charge is 0.469 e. The molecule has 0 saturated heterocycles. The zero-order chi connectivity index (χ0) is 10.1. The summed E-state index contributed by atoms with van der Waals surface area (Å²) in [6.45, 7) is 2.04. The highest BCUT2D eigenvalue weighted by atomic mass is 32.1. The lowest BCUT2D eigenvalue weighted by Gasteiger charge is -1.94. The summed E-state index contributed by atoms with van der Waals surface area (Å²) in [7, 11) is 1.84. The maximum atomic E-state index is 5.31. The van der Waals surface area contributed by atoms with Crippen LogP contribution in [-0.4, -0.2) is 14.8 Å². The minimum atomic E-state index is 0.545. The molecule has 5 heteroatoms. The van der Waals surface area contributed by atoms with E-state index in [-0.39, 0.29) is 0 Å². The molecule has 0 radical (unpaired) electrons. The van der Waals surface area contributed by atoms with E-state index >= 15 is 0 Å². The zero-order valence-electron chi connectivity index (χ0n) is 8.07. The third kappa shape index (κ3) is 1.39. The first-order chi connectivity index (χ1) is 6.72. The number of hydrogen-bond acceptors (Lipinski definition) is 3. The Morgan fingerprint density at radius 1 is 1.64 bits per heavy atom. The molecule has 0 bridgehead atoms. The van der Waals surface area contributed by atoms with E-state index < -0.39 is 0 Å². The van der Waals surface area contributed by atoms with Crippen LogP contribution in [-0.2, 0) is 13.5 Å². The van der Waals surface area contributed by atoms with Gasteiger partial charge in [0.05, 0.1) is 11.8 Å². The van der Waals surface area contributed by atoms with E-state index in [1.54, 1.807) is 10.9 Å². The minimum Gasteiger partial charge on any atom is -0.469 e. The first-order valence-corrected chi connectivity index (χ1v) is 4.83. The summed E-state index contributed by atoms with van der Waals surface area (Å²) in [5.41, 5.74) is 0.985. The first kappa shape index (κ1) is 9.21. The van der Waals surface area contributed by atoms with E-state index in [1.165, 1.54) is 0 Å². The predicted octanol–water partition coefficient (Wildman–Crippen LogP) is 2.30. The molecule has 0 fully saturated rings. The fraction of sp³-hybridized carbons (Fsp3) is 0.333. The summed E-state index contributed by atoms with van der Waals surface area (Å²) in [4.78, 5) is 4.22. The Morgan fingerprint density at radius 2 is 2.43 bits per heavy atom. The average Bonchev–Trinajstić information content (AvgIpc) is 2.73. The van der Waals surface area contributed by atoms with Gasteiger partial charge in [0.1, 0.15) is 5.76 Å². The van der Waals surface area contributed by atoms with Crippen LogP contribution in [0.15, 0.2) is 16.7 Å². The van der Waals surface area contributed by atoms with Crippen LogP contribution in [0.4, 0.5) is 0 Å². The Kier molecular flexibility index (Phi) is 2.25. The van der Waals surface area contributed by atoms with Crippen LogP contribution in [0.25, 0.3) is 11.4 Å². The minimum absolute atomic E-state index is 0.545. The quantitative estimate of drug-likeness (QED) is 0.772. The van der Waals surface area contributed by atoms with Crippen molar-refractivity contribution in [2.75, 3.05) is 0 Å². The lowest BCUT2D eigenvalue weighted by atomic mass is 10.2. The number of H-pyrrole nitrogens is 1. The van der Waals surface area contributed by atoms with Gasteiger partial charge in [-0.2, -0.15) is 4.98 Å². The third-order valence-corrected chi connectivity index (χ3v) is 2.45. The van der Waals surface area contributed by atoms with E-state index in [1.807, 2.05) is 20.0 Å². The maximum Gasteiger partial charge on any atom is 0.216 e. The van der Waals surface area contributed by atoms with E-state index in [2.05, 4.69) is 10.1 Å². The van der Waals surface area contributed by atoms with Gasteiger partial charge < -0.3 is 4.42 Å². The second-order valence-electron chi connectivity index (χ2n) is 3.02. The normalized spacial score (nSPS) is 10.7. The molecule has 74 valence electrons. The van der Waals surface area contributed by atoms with Crippen LogP contribution < -0.4 is 0 Å². The Morgan fingerprint density at radius 3 is 3.00 bits per heavy atom. The van der Waals surface area contributed by atoms with Gasteiger partial charge in [0.15, 0.2) is 5.82 Å². The van der Waals surface area contributed by atoms with E-state index in [0.717, 1.165) is 23.6 Å². The second-order valence-corrected chi connectivity index (χ2v) is 3.39. The molecule has 0 amide bonds. The van der Waals surface area contributed by atoms with Gasteiger partial charge in [-0.3, -0.25) is 9.78 Å². The second kappa shape index (κ2) is 3.42. The maximum absolute atomic E-state index is 5.31. The number of aryl methyl sites for hydroxylation is 2. The monoisotopic (exact) mass is 209 g/mol. The fourth-order valence-electron chi connectivity index (χ4n) is 1.35. The van der Waals surface area contributed by atoms with Crippen molar-refractivity contribution in [1.29, 1.82) is 0 Å². The van der Waals surface area contributed by atoms with Gasteiger partial charge in [-0.1, -0.05) is 6.92 Å². The molecular formula is C9H11N3OS. The Labute approximate surface area is 86.6 Å². The summed E-state index contributed by atoms with van der Waals surface area (Å²) in [6.07, 6.45) is 2.51. The molecule has 2 aromatic heterocycles. The number of aromatic amines is 1. The van der Waals surface area contributed by atoms with Gasteiger partial charge in [0.25, 0.3) is 0 Å². The molecule has 0 saturated carbocycles. The van der Waals surface area contributed by atoms with Crippen LogP contribution >= 0.6 is 12.2 Å². The topological polar surface area (TPSA) is 46.8 Å². The summed E-state index contributed by atoms with van der Waals surface area (Å²) in [5, 5.41) is 3.06. The van der Waals surface area contributed by atoms with Gasteiger partial charge in [0, 0.05) is 13.5 Å². The smallest absolute Gasteiger partial charge is 0.216 e. The highest BCUT2D eigenvalue weighted by molar-refractivity contribution is 7.71. The van der Waals surface area contributed by atoms with E-state index in [4.69, 9.17) is 16.6 Å². The summed E-state index contributed by atoms with van der Waals surface area (Å²) < 4.78 is 7.56. The lowest BCUT2D eigenvalue weighted by Crippen LogP contribution is -1.90. The van der Waals surface area contributed by atoms with Crippen molar-refractivity contribution < 1.29 is 4.42 Å². The third-order valence-electron chi connectivity index (χ3n) is 2.09. The van der Waals surface area contributed by atoms with Crippen molar-refractivity contribution in [3.05, 3.63) is 22.9 Å². The average molecular weight is 209 g/mol. The van der Waals surface area contributed by atoms with E-state index in [9.17, 15) is 0 Å². The molecule has 1 N–H and O–H groups in total. The number of furan rings is 1. The van der Waals surface area contributed by atoms with Crippen LogP contribution in [0.5, 0.6) is 0 Å². The zero-order valence-corrected chi connectivity index (χ0v) is 8.89. The lowest BCUT2D eigenvalue weighted by molar-refractivity contribution is 0.517. The molecule has 0 unspecified atom stereocenters. The van der Waals surface area contributed by atoms with Crippen LogP contribution in [0.1, 0.15) is 12.7 Å². The first-order valence-electron chi connectivity index (χ1n) is 4.42. The Bertz CT molecular complexity index is 494. The molecule has 0 spiro atoms. The molecule has 14 heavy (non-hydrogen) atoms. The molecule has 0 atom stereocenters. The predicted molar refractivity (Wildman–Crippen MR) is 55.5 cm³/mol. The van der Waals surface area contributed by atoms with Crippen LogP contribution in [0, 0.1) is 4.77 Å². The van der Waals surface area contributed by atoms with Crippen molar-refractivity contribution in [1.82, 2.24) is 14.8 Å². The molecular weight excluding hydrogens is 198 g/mol. The highest BCUT2D eigenvalue weighted by Crippen LogP contribution is 2.21. The van der Waals surface area contributed by atoms with Gasteiger partial charge in [0.2, 0.25) is 4.77 Å². The number of aromatic nitrogens is 3. The molecule has 2 rings (SSSR count). The van der Waals surface area contributed by atoms with Crippen molar-refractivity contribution in [3.63, 3.8) is 0 Å². The van der Waals surface area contributed by atoms with Gasteiger partial charge in [-0.15, -0.1) is 0 Å². The molecule has 4 nitrogen and oxygen atoms in total. The van der Waals surface area contributed by atoms with Crippen molar-refractivity contribution in [2.45, 2.75) is 13.3 Å². The highest BCUT2D eigenvalue weighted by Gasteiger charge is 2.10. The van der Waals surface area contributed by atoms with Crippen LogP contribution in [0.2, 0.25) is 0 Å². The van der Waals surface area contributed by atoms with Crippen molar-refractivity contribution >= 4 is 12.2 Å². The number of nitrogens with one attached hydrogen (secondary N) is 1. The van der Waals surface area contributed by atoms with E-state index in [0.29, 0.717) is 4.77 Å². The number of rotatable bonds is 2. The van der Waals surface area contributed by atoms with Gasteiger partial charge in [-0.05, 0) is 18.3 Å². The van der Waals surface area contributed by atoms with Crippen LogP contribution in [0.3, 0.4) is 0 Å². The van der Waals surface area contributed by atoms with Gasteiger partial charge in [-0.25, -0.2) is 0 Å². The Hall–Kier alpha value is -1.36. The number of nitrogens with zero attached hydrogens (tertiary/aromatic N) is 2. The summed E-state index contributed by atoms with van der Waals surface area (Å²) >= 11 is 5.02. The Balaban J connectivity index is 2.54. The molecule has 0 aliphatic carbocycles.